The zero-order valence-corrected chi connectivity index (χ0v) is 10.5. The van der Waals surface area contributed by atoms with Crippen molar-refractivity contribution in [2.75, 3.05) is 27.4 Å². The molecule has 0 bridgehead atoms. The van der Waals surface area contributed by atoms with Gasteiger partial charge in [0.1, 0.15) is 5.75 Å². The molecule has 1 rings (SSSR count). The largest absolute Gasteiger partial charge is 0.496 e. The Morgan fingerprint density at radius 1 is 1.50 bits per heavy atom. The molecule has 2 N–H and O–H groups in total. The first-order valence-corrected chi connectivity index (χ1v) is 6.14. The van der Waals surface area contributed by atoms with Gasteiger partial charge >= 0.3 is 0 Å². The number of hydrogen-bond donors (Lipinski definition) is 2. The highest BCUT2D eigenvalue weighted by atomic mass is 32.1. The lowest BCUT2D eigenvalue weighted by atomic mass is 10.2. The Kier molecular flexibility index (Phi) is 6.40. The van der Waals surface area contributed by atoms with E-state index < -0.39 is 0 Å². The Hall–Kier alpha value is -0.620. The van der Waals surface area contributed by atoms with E-state index >= 15 is 0 Å². The quantitative estimate of drug-likeness (QED) is 0.677. The normalized spacial score (nSPS) is 12.7. The maximum Gasteiger partial charge on any atom is 0.134 e. The summed E-state index contributed by atoms with van der Waals surface area (Å²) in [5, 5.41) is 14.7. The van der Waals surface area contributed by atoms with Crippen LogP contribution in [0, 0.1) is 0 Å². The molecule has 1 unspecified atom stereocenters. The van der Waals surface area contributed by atoms with Crippen LogP contribution in [0.4, 0.5) is 0 Å². The zero-order chi connectivity index (χ0) is 11.8. The number of thiophene rings is 1. The number of rotatable bonds is 8. The second-order valence-corrected chi connectivity index (χ2v) is 4.49. The average molecular weight is 245 g/mol. The number of aliphatic hydroxyl groups is 1. The van der Waals surface area contributed by atoms with Crippen molar-refractivity contribution in [1.29, 1.82) is 0 Å². The molecular formula is C11H19NO3S. The molecule has 0 amide bonds. The van der Waals surface area contributed by atoms with Crippen LogP contribution in [0.3, 0.4) is 0 Å². The van der Waals surface area contributed by atoms with Crippen molar-refractivity contribution in [3.63, 3.8) is 0 Å². The summed E-state index contributed by atoms with van der Waals surface area (Å²) in [6, 6.07) is 1.96. The third kappa shape index (κ3) is 4.49. The molecule has 0 saturated heterocycles. The maximum atomic E-state index is 9.42. The van der Waals surface area contributed by atoms with E-state index in [-0.39, 0.29) is 6.10 Å². The molecule has 0 aliphatic heterocycles. The van der Waals surface area contributed by atoms with Gasteiger partial charge in [-0.3, -0.25) is 0 Å². The van der Waals surface area contributed by atoms with E-state index in [2.05, 4.69) is 5.32 Å². The molecule has 4 nitrogen and oxygen atoms in total. The SMILES string of the molecule is COCC(O)CCNCc1sccc1OC. The van der Waals surface area contributed by atoms with Crippen LogP contribution in [0.2, 0.25) is 0 Å². The van der Waals surface area contributed by atoms with Crippen LogP contribution in [0.15, 0.2) is 11.4 Å². The molecule has 1 atom stereocenters. The summed E-state index contributed by atoms with van der Waals surface area (Å²) in [6.45, 7) is 1.94. The van der Waals surface area contributed by atoms with Crippen LogP contribution in [-0.4, -0.2) is 38.6 Å². The first-order valence-electron chi connectivity index (χ1n) is 5.26. The van der Waals surface area contributed by atoms with Gasteiger partial charge in [-0.25, -0.2) is 0 Å². The summed E-state index contributed by atoms with van der Waals surface area (Å²) in [4.78, 5) is 1.18. The van der Waals surface area contributed by atoms with Crippen LogP contribution in [0.5, 0.6) is 5.75 Å². The van der Waals surface area contributed by atoms with E-state index in [9.17, 15) is 5.11 Å². The van der Waals surface area contributed by atoms with Gasteiger partial charge in [0.25, 0.3) is 0 Å². The summed E-state index contributed by atoms with van der Waals surface area (Å²) in [5.41, 5.74) is 0. The molecule has 1 aromatic heterocycles. The van der Waals surface area contributed by atoms with E-state index in [4.69, 9.17) is 9.47 Å². The van der Waals surface area contributed by atoms with Crippen molar-refractivity contribution >= 4 is 11.3 Å². The topological polar surface area (TPSA) is 50.7 Å². The van der Waals surface area contributed by atoms with Crippen molar-refractivity contribution in [3.05, 3.63) is 16.3 Å². The summed E-state index contributed by atoms with van der Waals surface area (Å²) < 4.78 is 10.1. The number of hydrogen-bond acceptors (Lipinski definition) is 5. The highest BCUT2D eigenvalue weighted by Gasteiger charge is 2.05. The fourth-order valence-corrected chi connectivity index (χ4v) is 2.19. The third-order valence-electron chi connectivity index (χ3n) is 2.22. The fraction of sp³-hybridized carbons (Fsp3) is 0.636. The van der Waals surface area contributed by atoms with Crippen molar-refractivity contribution in [3.8, 4) is 5.75 Å². The number of methoxy groups -OCH3 is 2. The molecule has 0 aromatic carbocycles. The van der Waals surface area contributed by atoms with Gasteiger partial charge in [0, 0.05) is 13.7 Å². The van der Waals surface area contributed by atoms with Gasteiger partial charge in [-0.15, -0.1) is 11.3 Å². The Morgan fingerprint density at radius 3 is 3.00 bits per heavy atom. The molecule has 0 fully saturated rings. The molecule has 5 heteroatoms. The van der Waals surface area contributed by atoms with Crippen LogP contribution < -0.4 is 10.1 Å². The van der Waals surface area contributed by atoms with E-state index in [1.54, 1.807) is 25.6 Å². The lowest BCUT2D eigenvalue weighted by Gasteiger charge is -2.10. The molecule has 92 valence electrons. The number of nitrogens with one attached hydrogen (secondary N) is 1. The highest BCUT2D eigenvalue weighted by molar-refractivity contribution is 7.10. The lowest BCUT2D eigenvalue weighted by Crippen LogP contribution is -2.22. The van der Waals surface area contributed by atoms with Gasteiger partial charge in [0.15, 0.2) is 0 Å². The van der Waals surface area contributed by atoms with Crippen molar-refractivity contribution in [2.24, 2.45) is 0 Å². The second-order valence-electron chi connectivity index (χ2n) is 3.49. The summed E-state index contributed by atoms with van der Waals surface area (Å²) in [7, 11) is 3.26. The Labute approximate surface area is 100 Å². The van der Waals surface area contributed by atoms with Gasteiger partial charge in [-0.2, -0.15) is 0 Å². The van der Waals surface area contributed by atoms with Crippen LogP contribution in [0.25, 0.3) is 0 Å². The predicted molar refractivity (Wildman–Crippen MR) is 65.1 cm³/mol. The summed E-state index contributed by atoms with van der Waals surface area (Å²) in [6.07, 6.45) is 0.310. The molecule has 0 saturated carbocycles. The third-order valence-corrected chi connectivity index (χ3v) is 3.13. The lowest BCUT2D eigenvalue weighted by molar-refractivity contribution is 0.0594. The van der Waals surface area contributed by atoms with Crippen LogP contribution >= 0.6 is 11.3 Å². The Morgan fingerprint density at radius 2 is 2.31 bits per heavy atom. The van der Waals surface area contributed by atoms with Gasteiger partial charge in [-0.05, 0) is 24.4 Å². The summed E-state index contributed by atoms with van der Waals surface area (Å²) >= 11 is 1.67. The van der Waals surface area contributed by atoms with Crippen LogP contribution in [-0.2, 0) is 11.3 Å². The minimum Gasteiger partial charge on any atom is -0.496 e. The van der Waals surface area contributed by atoms with Gasteiger partial charge in [-0.1, -0.05) is 0 Å². The molecule has 16 heavy (non-hydrogen) atoms. The zero-order valence-electron chi connectivity index (χ0n) is 9.73. The van der Waals surface area contributed by atoms with E-state index in [0.717, 1.165) is 18.8 Å². The smallest absolute Gasteiger partial charge is 0.134 e. The van der Waals surface area contributed by atoms with E-state index in [1.807, 2.05) is 11.4 Å². The molecular weight excluding hydrogens is 226 g/mol. The first kappa shape index (κ1) is 13.4. The molecule has 0 spiro atoms. The highest BCUT2D eigenvalue weighted by Crippen LogP contribution is 2.23. The minimum atomic E-state index is -0.386. The number of aliphatic hydroxyl groups excluding tert-OH is 1. The van der Waals surface area contributed by atoms with Crippen molar-refractivity contribution in [2.45, 2.75) is 19.1 Å². The van der Waals surface area contributed by atoms with E-state index in [0.29, 0.717) is 13.0 Å². The minimum absolute atomic E-state index is 0.386. The molecule has 0 aliphatic carbocycles. The fourth-order valence-electron chi connectivity index (χ4n) is 1.39. The molecule has 0 aliphatic rings. The van der Waals surface area contributed by atoms with E-state index in [1.165, 1.54) is 4.88 Å². The molecule has 1 heterocycles. The van der Waals surface area contributed by atoms with Crippen LogP contribution in [0.1, 0.15) is 11.3 Å². The molecule has 0 radical (unpaired) electrons. The monoisotopic (exact) mass is 245 g/mol. The standard InChI is InChI=1S/C11H19NO3S/c1-14-8-9(13)3-5-12-7-11-10(15-2)4-6-16-11/h4,6,9,12-13H,3,5,7-8H2,1-2H3. The summed E-state index contributed by atoms with van der Waals surface area (Å²) in [5.74, 6) is 0.926. The maximum absolute atomic E-state index is 9.42. The molecule has 1 aromatic rings. The predicted octanol–water partition coefficient (Wildman–Crippen LogP) is 1.24. The Bertz CT molecular complexity index is 291. The van der Waals surface area contributed by atoms with Crippen molar-refractivity contribution < 1.29 is 14.6 Å². The van der Waals surface area contributed by atoms with Crippen molar-refractivity contribution in [1.82, 2.24) is 5.32 Å². The average Bonchev–Trinajstić information content (AvgIpc) is 2.72. The van der Waals surface area contributed by atoms with Gasteiger partial charge < -0.3 is 19.9 Å². The number of ether oxygens (including phenoxy) is 2. The Balaban J connectivity index is 2.16. The van der Waals surface area contributed by atoms with Gasteiger partial charge in [0.2, 0.25) is 0 Å². The second kappa shape index (κ2) is 7.62. The first-order chi connectivity index (χ1) is 7.77. The van der Waals surface area contributed by atoms with Gasteiger partial charge in [0.05, 0.1) is 24.7 Å².